The molecule has 0 aromatic heterocycles. The molecule has 4 nitrogen and oxygen atoms in total. The lowest BCUT2D eigenvalue weighted by Crippen LogP contribution is -2.35. The van der Waals surface area contributed by atoms with E-state index in [1.54, 1.807) is 12.1 Å². The average Bonchev–Trinajstić information content (AvgIpc) is 3.49. The van der Waals surface area contributed by atoms with Gasteiger partial charge in [-0.05, 0) is 60.2 Å². The number of nitrogens with one attached hydrogen (secondary N) is 1. The molecule has 1 fully saturated rings. The van der Waals surface area contributed by atoms with E-state index in [9.17, 15) is 14.0 Å². The number of hydrogen-bond acceptors (Lipinski definition) is 2. The molecule has 0 atom stereocenters. The minimum Gasteiger partial charge on any atom is -0.338 e. The second kappa shape index (κ2) is 6.80. The Hall–Kier alpha value is -2.69. The number of nitrogens with zero attached hydrogens (tertiary/aromatic N) is 1. The summed E-state index contributed by atoms with van der Waals surface area (Å²) in [6, 6.07) is 12.1. The number of carbonyl (C=O) groups excluding carboxylic acids is 2. The van der Waals surface area contributed by atoms with Crippen LogP contribution in [0.2, 0.25) is 0 Å². The predicted octanol–water partition coefficient (Wildman–Crippen LogP) is 3.79. The van der Waals surface area contributed by atoms with Crippen LogP contribution in [0, 0.1) is 5.82 Å². The van der Waals surface area contributed by atoms with Crippen molar-refractivity contribution in [3.05, 3.63) is 65.0 Å². The lowest BCUT2D eigenvalue weighted by atomic mass is 9.94. The SMILES string of the molecule is CCC(=O)N1CCc2ccc(NC(=O)C3(c4ccc(F)cc4)CC3)cc2C1. The average molecular weight is 366 g/mol. The normalized spacial score (nSPS) is 17.2. The van der Waals surface area contributed by atoms with Crippen molar-refractivity contribution in [2.45, 2.75) is 44.6 Å². The molecule has 1 N–H and O–H groups in total. The Morgan fingerprint density at radius 3 is 2.52 bits per heavy atom. The zero-order chi connectivity index (χ0) is 19.0. The van der Waals surface area contributed by atoms with Crippen molar-refractivity contribution in [2.75, 3.05) is 11.9 Å². The number of halogens is 1. The van der Waals surface area contributed by atoms with Crippen LogP contribution in [0.15, 0.2) is 42.5 Å². The van der Waals surface area contributed by atoms with Crippen LogP contribution in [0.4, 0.5) is 10.1 Å². The molecule has 4 rings (SSSR count). The minimum absolute atomic E-state index is 0.0497. The molecule has 2 amide bonds. The van der Waals surface area contributed by atoms with Crippen LogP contribution in [0.5, 0.6) is 0 Å². The zero-order valence-electron chi connectivity index (χ0n) is 15.4. The molecule has 0 radical (unpaired) electrons. The lowest BCUT2D eigenvalue weighted by Gasteiger charge is -2.29. The van der Waals surface area contributed by atoms with E-state index in [4.69, 9.17) is 0 Å². The Balaban J connectivity index is 1.51. The maximum atomic E-state index is 13.2. The van der Waals surface area contributed by atoms with Crippen LogP contribution < -0.4 is 5.32 Å². The third-order valence-corrected chi connectivity index (χ3v) is 5.71. The molecule has 0 saturated heterocycles. The van der Waals surface area contributed by atoms with E-state index in [0.717, 1.165) is 42.6 Å². The summed E-state index contributed by atoms with van der Waals surface area (Å²) in [5.74, 6) is -0.189. The Kier molecular flexibility index (Phi) is 4.46. The predicted molar refractivity (Wildman–Crippen MR) is 102 cm³/mol. The summed E-state index contributed by atoms with van der Waals surface area (Å²) < 4.78 is 13.2. The third-order valence-electron chi connectivity index (χ3n) is 5.71. The summed E-state index contributed by atoms with van der Waals surface area (Å²) >= 11 is 0. The molecule has 5 heteroatoms. The molecule has 1 saturated carbocycles. The first-order valence-corrected chi connectivity index (χ1v) is 9.49. The van der Waals surface area contributed by atoms with E-state index in [1.165, 1.54) is 17.7 Å². The van der Waals surface area contributed by atoms with Gasteiger partial charge in [-0.2, -0.15) is 0 Å². The summed E-state index contributed by atoms with van der Waals surface area (Å²) in [6.45, 7) is 3.22. The first kappa shape index (κ1) is 17.7. The minimum atomic E-state index is -0.548. The Labute approximate surface area is 158 Å². The van der Waals surface area contributed by atoms with Crippen molar-refractivity contribution in [1.29, 1.82) is 0 Å². The highest BCUT2D eigenvalue weighted by Crippen LogP contribution is 2.49. The summed E-state index contributed by atoms with van der Waals surface area (Å²) in [4.78, 5) is 26.8. The van der Waals surface area contributed by atoms with Gasteiger partial charge in [0.05, 0.1) is 5.41 Å². The van der Waals surface area contributed by atoms with Gasteiger partial charge in [0, 0.05) is 25.2 Å². The van der Waals surface area contributed by atoms with Gasteiger partial charge in [0.2, 0.25) is 11.8 Å². The molecule has 27 heavy (non-hydrogen) atoms. The Morgan fingerprint density at radius 2 is 1.85 bits per heavy atom. The highest BCUT2D eigenvalue weighted by molar-refractivity contribution is 6.01. The van der Waals surface area contributed by atoms with Crippen molar-refractivity contribution in [3.63, 3.8) is 0 Å². The van der Waals surface area contributed by atoms with Gasteiger partial charge in [0.15, 0.2) is 0 Å². The zero-order valence-corrected chi connectivity index (χ0v) is 15.4. The molecular weight excluding hydrogens is 343 g/mol. The number of amides is 2. The van der Waals surface area contributed by atoms with Crippen molar-refractivity contribution < 1.29 is 14.0 Å². The maximum Gasteiger partial charge on any atom is 0.235 e. The number of anilines is 1. The van der Waals surface area contributed by atoms with Gasteiger partial charge in [-0.15, -0.1) is 0 Å². The monoisotopic (exact) mass is 366 g/mol. The maximum absolute atomic E-state index is 13.2. The van der Waals surface area contributed by atoms with Gasteiger partial charge >= 0.3 is 0 Å². The van der Waals surface area contributed by atoms with E-state index in [-0.39, 0.29) is 17.6 Å². The molecule has 0 bridgehead atoms. The molecular formula is C22H23FN2O2. The highest BCUT2D eigenvalue weighted by atomic mass is 19.1. The van der Waals surface area contributed by atoms with Crippen molar-refractivity contribution in [1.82, 2.24) is 4.90 Å². The van der Waals surface area contributed by atoms with E-state index < -0.39 is 5.41 Å². The number of benzene rings is 2. The highest BCUT2D eigenvalue weighted by Gasteiger charge is 2.51. The van der Waals surface area contributed by atoms with Gasteiger partial charge in [-0.1, -0.05) is 25.1 Å². The lowest BCUT2D eigenvalue weighted by molar-refractivity contribution is -0.131. The number of carbonyl (C=O) groups is 2. The first-order chi connectivity index (χ1) is 13.0. The standard InChI is InChI=1S/C22H23FN2O2/c1-2-20(26)25-12-9-15-3-8-19(13-16(15)14-25)24-21(27)22(10-11-22)17-4-6-18(23)7-5-17/h3-8,13H,2,9-12,14H2,1H3,(H,24,27). The van der Waals surface area contributed by atoms with Gasteiger partial charge in [-0.3, -0.25) is 9.59 Å². The molecule has 1 aliphatic heterocycles. The van der Waals surface area contributed by atoms with E-state index in [2.05, 4.69) is 5.32 Å². The van der Waals surface area contributed by atoms with E-state index >= 15 is 0 Å². The molecule has 140 valence electrons. The first-order valence-electron chi connectivity index (χ1n) is 9.49. The second-order valence-electron chi connectivity index (χ2n) is 7.45. The number of fused-ring (bicyclic) bond motifs is 1. The largest absolute Gasteiger partial charge is 0.338 e. The summed E-state index contributed by atoms with van der Waals surface area (Å²) in [6.07, 6.45) is 2.89. The van der Waals surface area contributed by atoms with Crippen molar-refractivity contribution >= 4 is 17.5 Å². The fraction of sp³-hybridized carbons (Fsp3) is 0.364. The Morgan fingerprint density at radius 1 is 1.11 bits per heavy atom. The van der Waals surface area contributed by atoms with Crippen LogP contribution in [0.1, 0.15) is 42.9 Å². The smallest absolute Gasteiger partial charge is 0.235 e. The number of hydrogen-bond donors (Lipinski definition) is 1. The number of rotatable bonds is 4. The van der Waals surface area contributed by atoms with Crippen LogP contribution in [0.3, 0.4) is 0 Å². The quantitative estimate of drug-likeness (QED) is 0.895. The molecule has 2 aromatic rings. The molecule has 2 aliphatic rings. The van der Waals surface area contributed by atoms with Crippen LogP contribution >= 0.6 is 0 Å². The van der Waals surface area contributed by atoms with Gasteiger partial charge < -0.3 is 10.2 Å². The molecule has 1 heterocycles. The van der Waals surface area contributed by atoms with Crippen LogP contribution in [0.25, 0.3) is 0 Å². The van der Waals surface area contributed by atoms with Gasteiger partial charge in [0.1, 0.15) is 5.82 Å². The van der Waals surface area contributed by atoms with Crippen molar-refractivity contribution in [2.24, 2.45) is 0 Å². The van der Waals surface area contributed by atoms with E-state index in [1.807, 2.05) is 30.0 Å². The van der Waals surface area contributed by atoms with Crippen molar-refractivity contribution in [3.8, 4) is 0 Å². The summed E-state index contributed by atoms with van der Waals surface area (Å²) in [5, 5.41) is 3.03. The Bertz CT molecular complexity index is 888. The topological polar surface area (TPSA) is 49.4 Å². The van der Waals surface area contributed by atoms with Crippen LogP contribution in [-0.4, -0.2) is 23.3 Å². The van der Waals surface area contributed by atoms with Gasteiger partial charge in [0.25, 0.3) is 0 Å². The third kappa shape index (κ3) is 3.34. The van der Waals surface area contributed by atoms with Gasteiger partial charge in [-0.25, -0.2) is 4.39 Å². The molecule has 0 spiro atoms. The molecule has 0 unspecified atom stereocenters. The molecule has 2 aromatic carbocycles. The fourth-order valence-corrected chi connectivity index (χ4v) is 3.86. The second-order valence-corrected chi connectivity index (χ2v) is 7.45. The van der Waals surface area contributed by atoms with Crippen LogP contribution in [-0.2, 0) is 28.0 Å². The summed E-state index contributed by atoms with van der Waals surface area (Å²) in [7, 11) is 0. The fourth-order valence-electron chi connectivity index (χ4n) is 3.86. The van der Waals surface area contributed by atoms with E-state index in [0.29, 0.717) is 13.0 Å². The summed E-state index contributed by atoms with van der Waals surface area (Å²) in [5.41, 5.74) is 3.38. The molecule has 1 aliphatic carbocycles.